The Kier molecular flexibility index (Phi) is 4.33. The van der Waals surface area contributed by atoms with Gasteiger partial charge in [-0.3, -0.25) is 9.48 Å². The molecule has 2 unspecified atom stereocenters. The van der Waals surface area contributed by atoms with Crippen molar-refractivity contribution in [3.8, 4) is 0 Å². The van der Waals surface area contributed by atoms with Crippen molar-refractivity contribution < 1.29 is 4.79 Å². The highest BCUT2D eigenvalue weighted by Crippen LogP contribution is 2.28. The zero-order chi connectivity index (χ0) is 17.4. The number of amides is 1. The van der Waals surface area contributed by atoms with E-state index in [1.54, 1.807) is 10.9 Å². The van der Waals surface area contributed by atoms with Crippen LogP contribution in [-0.2, 0) is 4.79 Å². The van der Waals surface area contributed by atoms with Crippen LogP contribution in [0.15, 0.2) is 41.1 Å². The van der Waals surface area contributed by atoms with Gasteiger partial charge in [0, 0.05) is 25.2 Å². The number of para-hydroxylation sites is 2. The zero-order valence-electron chi connectivity index (χ0n) is 14.0. The Morgan fingerprint density at radius 1 is 1.40 bits per heavy atom. The molecule has 4 rings (SSSR count). The molecule has 0 aliphatic carbocycles. The maximum Gasteiger partial charge on any atom is 0.247 e. The fourth-order valence-corrected chi connectivity index (χ4v) is 3.77. The van der Waals surface area contributed by atoms with Gasteiger partial charge < -0.3 is 9.88 Å². The number of carbonyl (C=O) groups is 1. The number of hydrogen-bond acceptors (Lipinski definition) is 3. The minimum Gasteiger partial charge on any atom is -0.342 e. The number of carbonyl (C=O) groups excluding carboxylic acids is 1. The van der Waals surface area contributed by atoms with E-state index >= 15 is 0 Å². The van der Waals surface area contributed by atoms with Crippen LogP contribution in [0.5, 0.6) is 0 Å². The monoisotopic (exact) mass is 401 g/mol. The molecule has 2 aromatic heterocycles. The van der Waals surface area contributed by atoms with Gasteiger partial charge in [-0.2, -0.15) is 5.10 Å². The lowest BCUT2D eigenvalue weighted by Crippen LogP contribution is -2.42. The maximum atomic E-state index is 12.9. The van der Waals surface area contributed by atoms with E-state index in [1.807, 2.05) is 42.3 Å². The van der Waals surface area contributed by atoms with Crippen LogP contribution in [0.3, 0.4) is 0 Å². The quantitative estimate of drug-likeness (QED) is 0.730. The SMILES string of the molecule is CC(C(=O)N1CCCC(c2nc3ccccc3[nH]2)C1)n1cc(Br)cn1. The van der Waals surface area contributed by atoms with Crippen molar-refractivity contribution in [3.63, 3.8) is 0 Å². The molecular formula is C18H20BrN5O. The molecular weight excluding hydrogens is 382 g/mol. The van der Waals surface area contributed by atoms with Crippen LogP contribution in [-0.4, -0.2) is 43.6 Å². The highest BCUT2D eigenvalue weighted by Gasteiger charge is 2.30. The van der Waals surface area contributed by atoms with Gasteiger partial charge in [0.15, 0.2) is 0 Å². The third kappa shape index (κ3) is 3.20. The molecule has 0 saturated carbocycles. The van der Waals surface area contributed by atoms with E-state index in [4.69, 9.17) is 4.98 Å². The first-order valence-corrected chi connectivity index (χ1v) is 9.34. The van der Waals surface area contributed by atoms with E-state index in [2.05, 4.69) is 26.0 Å². The number of aromatic amines is 1. The smallest absolute Gasteiger partial charge is 0.247 e. The first kappa shape index (κ1) is 16.3. The number of benzene rings is 1. The van der Waals surface area contributed by atoms with Crippen molar-refractivity contribution in [2.24, 2.45) is 0 Å². The van der Waals surface area contributed by atoms with Gasteiger partial charge in [-0.15, -0.1) is 0 Å². The molecule has 3 aromatic rings. The standard InChI is InChI=1S/C18H20BrN5O/c1-12(24-11-14(19)9-20-24)18(25)23-8-4-5-13(10-23)17-21-15-6-2-3-7-16(15)22-17/h2-3,6-7,9,11-13H,4-5,8,10H2,1H3,(H,21,22). The molecule has 0 bridgehead atoms. The summed E-state index contributed by atoms with van der Waals surface area (Å²) < 4.78 is 2.59. The molecule has 1 saturated heterocycles. The number of likely N-dealkylation sites (tertiary alicyclic amines) is 1. The topological polar surface area (TPSA) is 66.8 Å². The van der Waals surface area contributed by atoms with Crippen molar-refractivity contribution in [1.29, 1.82) is 0 Å². The summed E-state index contributed by atoms with van der Waals surface area (Å²) in [5, 5.41) is 4.24. The number of nitrogens with one attached hydrogen (secondary N) is 1. The van der Waals surface area contributed by atoms with Crippen LogP contribution < -0.4 is 0 Å². The van der Waals surface area contributed by atoms with Crippen LogP contribution in [0.25, 0.3) is 11.0 Å². The average molecular weight is 402 g/mol. The minimum atomic E-state index is -0.305. The van der Waals surface area contributed by atoms with E-state index in [1.165, 1.54) is 0 Å². The van der Waals surface area contributed by atoms with Gasteiger partial charge >= 0.3 is 0 Å². The van der Waals surface area contributed by atoms with Crippen LogP contribution in [0.2, 0.25) is 0 Å². The van der Waals surface area contributed by atoms with Crippen LogP contribution in [0.4, 0.5) is 0 Å². The van der Waals surface area contributed by atoms with E-state index in [0.717, 1.165) is 40.7 Å². The summed E-state index contributed by atoms with van der Waals surface area (Å²) in [5.41, 5.74) is 2.03. The molecule has 2 atom stereocenters. The van der Waals surface area contributed by atoms with Crippen molar-refractivity contribution in [2.75, 3.05) is 13.1 Å². The van der Waals surface area contributed by atoms with Gasteiger partial charge in [-0.05, 0) is 47.8 Å². The van der Waals surface area contributed by atoms with Gasteiger partial charge in [-0.25, -0.2) is 4.98 Å². The van der Waals surface area contributed by atoms with E-state index < -0.39 is 0 Å². The summed E-state index contributed by atoms with van der Waals surface area (Å²) in [5.74, 6) is 1.34. The Morgan fingerprint density at radius 3 is 3.00 bits per heavy atom. The number of halogens is 1. The summed E-state index contributed by atoms with van der Waals surface area (Å²) in [7, 11) is 0. The van der Waals surface area contributed by atoms with Crippen LogP contribution in [0.1, 0.15) is 37.5 Å². The van der Waals surface area contributed by atoms with E-state index in [-0.39, 0.29) is 17.9 Å². The number of fused-ring (bicyclic) bond motifs is 1. The second-order valence-electron chi connectivity index (χ2n) is 6.58. The zero-order valence-corrected chi connectivity index (χ0v) is 15.6. The Bertz CT molecular complexity index is 869. The fraction of sp³-hybridized carbons (Fsp3) is 0.389. The molecule has 1 fully saturated rings. The number of nitrogens with zero attached hydrogens (tertiary/aromatic N) is 4. The van der Waals surface area contributed by atoms with Gasteiger partial charge in [-0.1, -0.05) is 12.1 Å². The number of imidazole rings is 1. The lowest BCUT2D eigenvalue weighted by Gasteiger charge is -2.33. The molecule has 3 heterocycles. The maximum absolute atomic E-state index is 12.9. The predicted molar refractivity (Wildman–Crippen MR) is 99.3 cm³/mol. The molecule has 0 spiro atoms. The van der Waals surface area contributed by atoms with Crippen molar-refractivity contribution in [1.82, 2.24) is 24.6 Å². The molecule has 0 radical (unpaired) electrons. The highest BCUT2D eigenvalue weighted by molar-refractivity contribution is 9.10. The van der Waals surface area contributed by atoms with Crippen LogP contribution >= 0.6 is 15.9 Å². The lowest BCUT2D eigenvalue weighted by molar-refractivity contribution is -0.135. The Balaban J connectivity index is 1.51. The van der Waals surface area contributed by atoms with Gasteiger partial charge in [0.05, 0.1) is 21.7 Å². The number of piperidine rings is 1. The van der Waals surface area contributed by atoms with Crippen molar-refractivity contribution in [3.05, 3.63) is 47.0 Å². The highest BCUT2D eigenvalue weighted by atomic mass is 79.9. The Labute approximate surface area is 154 Å². The Hall–Kier alpha value is -2.15. The van der Waals surface area contributed by atoms with Gasteiger partial charge in [0.2, 0.25) is 5.91 Å². The summed E-state index contributed by atoms with van der Waals surface area (Å²) in [6.45, 7) is 3.39. The largest absolute Gasteiger partial charge is 0.342 e. The number of aromatic nitrogens is 4. The first-order chi connectivity index (χ1) is 12.1. The predicted octanol–water partition coefficient (Wildman–Crippen LogP) is 3.49. The molecule has 6 nitrogen and oxygen atoms in total. The third-order valence-electron chi connectivity index (χ3n) is 4.85. The lowest BCUT2D eigenvalue weighted by atomic mass is 9.97. The molecule has 130 valence electrons. The van der Waals surface area contributed by atoms with Crippen molar-refractivity contribution >= 4 is 32.9 Å². The molecule has 1 aliphatic heterocycles. The second-order valence-corrected chi connectivity index (χ2v) is 7.49. The molecule has 7 heteroatoms. The second kappa shape index (κ2) is 6.63. The first-order valence-electron chi connectivity index (χ1n) is 8.55. The normalized spacial score (nSPS) is 19.3. The van der Waals surface area contributed by atoms with Gasteiger partial charge in [0.25, 0.3) is 0 Å². The van der Waals surface area contributed by atoms with E-state index in [9.17, 15) is 4.79 Å². The van der Waals surface area contributed by atoms with Gasteiger partial charge in [0.1, 0.15) is 11.9 Å². The fourth-order valence-electron chi connectivity index (χ4n) is 3.47. The summed E-state index contributed by atoms with van der Waals surface area (Å²) in [6.07, 6.45) is 5.58. The molecule has 1 N–H and O–H groups in total. The van der Waals surface area contributed by atoms with Crippen LogP contribution in [0, 0.1) is 0 Å². The molecule has 1 aromatic carbocycles. The number of rotatable bonds is 3. The van der Waals surface area contributed by atoms with Crippen molar-refractivity contribution in [2.45, 2.75) is 31.7 Å². The van der Waals surface area contributed by atoms with E-state index in [0.29, 0.717) is 6.54 Å². The summed E-state index contributed by atoms with van der Waals surface area (Å²) in [6, 6.07) is 7.74. The number of H-pyrrole nitrogens is 1. The summed E-state index contributed by atoms with van der Waals surface area (Å²) in [4.78, 5) is 23.0. The average Bonchev–Trinajstić information content (AvgIpc) is 3.26. The summed E-state index contributed by atoms with van der Waals surface area (Å²) >= 11 is 3.38. The Morgan fingerprint density at radius 2 is 2.24 bits per heavy atom. The minimum absolute atomic E-state index is 0.108. The molecule has 1 amide bonds. The number of hydrogen-bond donors (Lipinski definition) is 1. The molecule has 25 heavy (non-hydrogen) atoms. The third-order valence-corrected chi connectivity index (χ3v) is 5.26. The molecule has 1 aliphatic rings.